The van der Waals surface area contributed by atoms with Gasteiger partial charge in [0, 0.05) is 12.1 Å². The Bertz CT molecular complexity index is 816. The lowest BCUT2D eigenvalue weighted by atomic mass is 10.2. The van der Waals surface area contributed by atoms with E-state index in [-0.39, 0.29) is 30.2 Å². The standard InChI is InChI=1S/C21H23N2O2.HI/c1-3-23(4-2)17-11-6-8-13-19(17)25-21(23)15-9-14-20-22-16-10-5-7-12-18(16)24-20;/h5-15,21-22H,3-4H2,1-2H3;1H/q+1;/p-1. The summed E-state index contributed by atoms with van der Waals surface area (Å²) in [5.41, 5.74) is 2.26. The molecular formula is C21H23IN2O2. The van der Waals surface area contributed by atoms with Gasteiger partial charge >= 0.3 is 0 Å². The third-order valence-electron chi connectivity index (χ3n) is 5.10. The number of para-hydroxylation sites is 4. The van der Waals surface area contributed by atoms with Crippen LogP contribution in [0.4, 0.5) is 11.4 Å². The number of nitrogens with zero attached hydrogens (tertiary/aromatic N) is 1. The zero-order valence-corrected chi connectivity index (χ0v) is 17.1. The summed E-state index contributed by atoms with van der Waals surface area (Å²) in [4.78, 5) is 0. The molecule has 0 bridgehead atoms. The van der Waals surface area contributed by atoms with E-state index in [2.05, 4.69) is 43.4 Å². The van der Waals surface area contributed by atoms with Crippen molar-refractivity contribution in [1.82, 2.24) is 4.48 Å². The van der Waals surface area contributed by atoms with Gasteiger partial charge in [-0.2, -0.15) is 0 Å². The van der Waals surface area contributed by atoms with E-state index >= 15 is 0 Å². The molecule has 2 aromatic carbocycles. The average Bonchev–Trinajstić information content (AvgIpc) is 3.20. The fourth-order valence-corrected chi connectivity index (χ4v) is 3.67. The van der Waals surface area contributed by atoms with Gasteiger partial charge in [-0.25, -0.2) is 4.48 Å². The fraction of sp³-hybridized carbons (Fsp3) is 0.238. The van der Waals surface area contributed by atoms with Gasteiger partial charge in [-0.15, -0.1) is 0 Å². The molecule has 4 nitrogen and oxygen atoms in total. The molecule has 1 unspecified atom stereocenters. The molecular weight excluding hydrogens is 439 g/mol. The molecule has 5 heteroatoms. The number of anilines is 1. The van der Waals surface area contributed by atoms with Crippen molar-refractivity contribution in [2.75, 3.05) is 18.4 Å². The Morgan fingerprint density at radius 1 is 1.00 bits per heavy atom. The smallest absolute Gasteiger partial charge is 0.258 e. The maximum absolute atomic E-state index is 6.23. The Labute approximate surface area is 171 Å². The largest absolute Gasteiger partial charge is 1.00 e. The summed E-state index contributed by atoms with van der Waals surface area (Å²) in [6.45, 7) is 6.40. The molecule has 0 saturated carbocycles. The van der Waals surface area contributed by atoms with E-state index in [1.165, 1.54) is 5.69 Å². The van der Waals surface area contributed by atoms with Crippen molar-refractivity contribution in [2.45, 2.75) is 20.1 Å². The number of ether oxygens (including phenoxy) is 2. The molecule has 2 aliphatic rings. The second kappa shape index (κ2) is 7.72. The Balaban J connectivity index is 0.00000196. The van der Waals surface area contributed by atoms with Crippen LogP contribution in [-0.2, 0) is 0 Å². The zero-order chi connectivity index (χ0) is 17.3. The summed E-state index contributed by atoms with van der Waals surface area (Å²) < 4.78 is 12.8. The van der Waals surface area contributed by atoms with Crippen LogP contribution in [0.2, 0.25) is 0 Å². The molecule has 2 aromatic rings. The highest BCUT2D eigenvalue weighted by atomic mass is 127. The highest BCUT2D eigenvalue weighted by Crippen LogP contribution is 2.43. The van der Waals surface area contributed by atoms with Gasteiger partial charge in [-0.05, 0) is 38.1 Å². The monoisotopic (exact) mass is 462 g/mol. The fourth-order valence-electron chi connectivity index (χ4n) is 3.67. The summed E-state index contributed by atoms with van der Waals surface area (Å²) in [7, 11) is 0. The summed E-state index contributed by atoms with van der Waals surface area (Å²) in [5.74, 6) is 2.58. The van der Waals surface area contributed by atoms with Crippen LogP contribution in [0.1, 0.15) is 13.8 Å². The molecule has 1 atom stereocenters. The van der Waals surface area contributed by atoms with E-state index in [9.17, 15) is 0 Å². The van der Waals surface area contributed by atoms with Crippen LogP contribution in [-0.4, -0.2) is 19.3 Å². The van der Waals surface area contributed by atoms with E-state index in [0.29, 0.717) is 0 Å². The first-order chi connectivity index (χ1) is 12.3. The summed E-state index contributed by atoms with van der Waals surface area (Å²) in [5, 5.41) is 3.27. The molecule has 0 radical (unpaired) electrons. The first kappa shape index (κ1) is 18.8. The highest BCUT2D eigenvalue weighted by Gasteiger charge is 2.44. The van der Waals surface area contributed by atoms with Crippen LogP contribution in [0.25, 0.3) is 0 Å². The molecule has 0 saturated heterocycles. The number of halogens is 1. The predicted molar refractivity (Wildman–Crippen MR) is 102 cm³/mol. The van der Waals surface area contributed by atoms with Crippen LogP contribution in [0.5, 0.6) is 11.5 Å². The third kappa shape index (κ3) is 3.10. The molecule has 0 fully saturated rings. The van der Waals surface area contributed by atoms with E-state index in [1.807, 2.05) is 42.5 Å². The van der Waals surface area contributed by atoms with Crippen molar-refractivity contribution in [3.8, 4) is 11.5 Å². The second-order valence-electron chi connectivity index (χ2n) is 6.28. The summed E-state index contributed by atoms with van der Waals surface area (Å²) >= 11 is 0. The van der Waals surface area contributed by atoms with Crippen molar-refractivity contribution in [1.29, 1.82) is 0 Å². The Morgan fingerprint density at radius 3 is 2.42 bits per heavy atom. The Morgan fingerprint density at radius 2 is 1.69 bits per heavy atom. The van der Waals surface area contributed by atoms with E-state index in [4.69, 9.17) is 9.47 Å². The topological polar surface area (TPSA) is 30.5 Å². The molecule has 1 N–H and O–H groups in total. The number of allylic oxidation sites excluding steroid dienone is 2. The Hall–Kier alpha value is -1.99. The molecule has 136 valence electrons. The van der Waals surface area contributed by atoms with E-state index in [0.717, 1.165) is 40.6 Å². The molecule has 2 heterocycles. The number of quaternary nitrogens is 1. The van der Waals surface area contributed by atoms with E-state index in [1.54, 1.807) is 0 Å². The number of hydrogen-bond donors (Lipinski definition) is 1. The molecule has 2 aliphatic heterocycles. The van der Waals surface area contributed by atoms with Gasteiger partial charge in [0.15, 0.2) is 23.1 Å². The lowest BCUT2D eigenvalue weighted by Crippen LogP contribution is -3.00. The summed E-state index contributed by atoms with van der Waals surface area (Å²) in [6, 6.07) is 16.3. The van der Waals surface area contributed by atoms with Crippen LogP contribution in [0, 0.1) is 0 Å². The first-order valence-electron chi connectivity index (χ1n) is 8.82. The number of likely N-dealkylation sites (N-methyl/N-ethyl adjacent to an activating group) is 1. The number of benzene rings is 2. The van der Waals surface area contributed by atoms with Crippen LogP contribution >= 0.6 is 0 Å². The van der Waals surface area contributed by atoms with Crippen LogP contribution in [0.15, 0.2) is 72.6 Å². The molecule has 26 heavy (non-hydrogen) atoms. The molecule has 4 rings (SSSR count). The number of nitrogens with one attached hydrogen (secondary N) is 1. The van der Waals surface area contributed by atoms with Crippen molar-refractivity contribution in [3.63, 3.8) is 0 Å². The van der Waals surface area contributed by atoms with Crippen LogP contribution in [0.3, 0.4) is 0 Å². The van der Waals surface area contributed by atoms with E-state index < -0.39 is 0 Å². The van der Waals surface area contributed by atoms with Crippen molar-refractivity contribution < 1.29 is 33.5 Å². The van der Waals surface area contributed by atoms with Gasteiger partial charge in [-0.3, -0.25) is 0 Å². The lowest BCUT2D eigenvalue weighted by Gasteiger charge is -2.34. The molecule has 0 aromatic heterocycles. The normalized spacial score (nSPS) is 20.7. The zero-order valence-electron chi connectivity index (χ0n) is 15.0. The maximum atomic E-state index is 6.23. The quantitative estimate of drug-likeness (QED) is 0.554. The minimum absolute atomic E-state index is 0. The molecule has 0 spiro atoms. The average molecular weight is 462 g/mol. The SMILES string of the molecule is CC[N+]1(CC)c2ccccc2OC1C=CC=C1Nc2ccccc2O1.[I-]. The molecule has 0 amide bonds. The summed E-state index contributed by atoms with van der Waals surface area (Å²) in [6.07, 6.45) is 6.07. The minimum Gasteiger partial charge on any atom is -1.00 e. The van der Waals surface area contributed by atoms with Crippen molar-refractivity contribution in [3.05, 3.63) is 72.6 Å². The van der Waals surface area contributed by atoms with Crippen LogP contribution < -0.4 is 43.3 Å². The number of hydrogen-bond acceptors (Lipinski definition) is 3. The number of fused-ring (bicyclic) bond motifs is 2. The van der Waals surface area contributed by atoms with Gasteiger partial charge in [-0.1, -0.05) is 30.3 Å². The van der Waals surface area contributed by atoms with Gasteiger partial charge in [0.1, 0.15) is 0 Å². The lowest BCUT2D eigenvalue weighted by molar-refractivity contribution is -0.00000629. The van der Waals surface area contributed by atoms with Crippen molar-refractivity contribution in [2.24, 2.45) is 0 Å². The highest BCUT2D eigenvalue weighted by molar-refractivity contribution is 5.64. The minimum atomic E-state index is -0.0203. The predicted octanol–water partition coefficient (Wildman–Crippen LogP) is 1.66. The third-order valence-corrected chi connectivity index (χ3v) is 5.10. The van der Waals surface area contributed by atoms with Gasteiger partial charge in [0.2, 0.25) is 0 Å². The number of rotatable bonds is 4. The van der Waals surface area contributed by atoms with Gasteiger partial charge < -0.3 is 38.8 Å². The second-order valence-corrected chi connectivity index (χ2v) is 6.28. The maximum Gasteiger partial charge on any atom is 0.258 e. The van der Waals surface area contributed by atoms with Crippen molar-refractivity contribution >= 4 is 11.4 Å². The first-order valence-corrected chi connectivity index (χ1v) is 8.82. The van der Waals surface area contributed by atoms with Gasteiger partial charge in [0.25, 0.3) is 6.23 Å². The Kier molecular flexibility index (Phi) is 5.58. The molecule has 0 aliphatic carbocycles. The van der Waals surface area contributed by atoms with Gasteiger partial charge in [0.05, 0.1) is 18.8 Å².